The molecule has 0 aliphatic carbocycles. The van der Waals surface area contributed by atoms with Crippen LogP contribution >= 0.6 is 0 Å². The van der Waals surface area contributed by atoms with Crippen LogP contribution in [0.3, 0.4) is 0 Å². The van der Waals surface area contributed by atoms with E-state index in [-0.39, 0.29) is 92.0 Å². The maximum absolute atomic E-state index is 0. The molecule has 0 heterocycles. The molecule has 0 saturated carbocycles. The molecule has 0 N–H and O–H groups in total. The summed E-state index contributed by atoms with van der Waals surface area (Å²) in [5.74, 6) is 0. The molecule has 0 bridgehead atoms. The van der Waals surface area contributed by atoms with Crippen LogP contribution < -0.4 is 0 Å². The SMILES string of the molecule is [Ca+2].[Cd+2].[S-2].[S-2]. The summed E-state index contributed by atoms with van der Waals surface area (Å²) in [6.45, 7) is 0. The zero-order valence-corrected chi connectivity index (χ0v) is 10.1. The van der Waals surface area contributed by atoms with Crippen molar-refractivity contribution < 1.29 is 27.3 Å². The van der Waals surface area contributed by atoms with Crippen LogP contribution in [0.15, 0.2) is 0 Å². The molecule has 0 fully saturated rings. The molecular formula is CaCdS2. The Morgan fingerprint density at radius 2 is 0.750 bits per heavy atom. The van der Waals surface area contributed by atoms with Gasteiger partial charge in [-0.1, -0.05) is 0 Å². The van der Waals surface area contributed by atoms with Gasteiger partial charge in [-0.25, -0.2) is 0 Å². The summed E-state index contributed by atoms with van der Waals surface area (Å²) in [5, 5.41) is 0. The molecular weight excluding hydrogens is 217 g/mol. The molecule has 0 aliphatic heterocycles. The molecule has 0 amide bonds. The van der Waals surface area contributed by atoms with Crippen LogP contribution in [0.4, 0.5) is 0 Å². The molecule has 0 nitrogen and oxygen atoms in total. The van der Waals surface area contributed by atoms with Gasteiger partial charge in [0.05, 0.1) is 0 Å². The fourth-order valence-electron chi connectivity index (χ4n) is 0. The molecule has 16 valence electrons. The maximum atomic E-state index is 0. The first-order chi connectivity index (χ1) is 0. The topological polar surface area (TPSA) is 0 Å². The molecule has 0 radical (unpaired) electrons. The maximum Gasteiger partial charge on any atom is 2.00 e. The average Bonchev–Trinajstić information content (AvgIpc) is 0. The molecule has 4 heavy (non-hydrogen) atoms. The third-order valence-electron chi connectivity index (χ3n) is 0. The Balaban J connectivity index is 0. The first kappa shape index (κ1) is 28.7. The van der Waals surface area contributed by atoms with Crippen LogP contribution in [-0.4, -0.2) is 37.7 Å². The Bertz CT molecular complexity index is 6.00. The van der Waals surface area contributed by atoms with Crippen molar-refractivity contribution in [2.45, 2.75) is 0 Å². The predicted molar refractivity (Wildman–Crippen MR) is 20.5 cm³/mol. The molecule has 4 heteroatoms. The van der Waals surface area contributed by atoms with E-state index in [2.05, 4.69) is 0 Å². The molecule has 0 aliphatic rings. The Labute approximate surface area is 90.2 Å². The van der Waals surface area contributed by atoms with Crippen molar-refractivity contribution in [2.75, 3.05) is 0 Å². The summed E-state index contributed by atoms with van der Waals surface area (Å²) in [6, 6.07) is 0. The summed E-state index contributed by atoms with van der Waals surface area (Å²) in [5.41, 5.74) is 0. The van der Waals surface area contributed by atoms with Crippen LogP contribution in [-0.2, 0) is 54.3 Å². The zero-order valence-electron chi connectivity index (χ0n) is 2.23. The zero-order chi connectivity index (χ0) is 0. The van der Waals surface area contributed by atoms with Crippen LogP contribution in [0.2, 0.25) is 0 Å². The van der Waals surface area contributed by atoms with E-state index in [1.165, 1.54) is 0 Å². The summed E-state index contributed by atoms with van der Waals surface area (Å²) in [6.07, 6.45) is 0. The Hall–Kier alpha value is 2.88. The van der Waals surface area contributed by atoms with Gasteiger partial charge in [-0.2, -0.15) is 0 Å². The molecule has 0 atom stereocenters. The van der Waals surface area contributed by atoms with E-state index < -0.39 is 0 Å². The average molecular weight is 217 g/mol. The third kappa shape index (κ3) is 8.86. The fraction of sp³-hybridized carbons (Fsp3) is 0. The van der Waals surface area contributed by atoms with Gasteiger partial charge >= 0.3 is 65.0 Å². The smallest absolute Gasteiger partial charge is 2.00 e. The van der Waals surface area contributed by atoms with E-state index in [4.69, 9.17) is 0 Å². The van der Waals surface area contributed by atoms with Gasteiger partial charge in [-0.15, -0.1) is 0 Å². The van der Waals surface area contributed by atoms with Gasteiger partial charge in [0.1, 0.15) is 0 Å². The van der Waals surface area contributed by atoms with Crippen LogP contribution in [0.1, 0.15) is 0 Å². The largest absolute Gasteiger partial charge is 2.00 e. The minimum Gasteiger partial charge on any atom is -2.00 e. The van der Waals surface area contributed by atoms with Crippen molar-refractivity contribution in [3.63, 3.8) is 0 Å². The monoisotopic (exact) mass is 218 g/mol. The van der Waals surface area contributed by atoms with Crippen molar-refractivity contribution in [3.8, 4) is 0 Å². The second-order valence-corrected chi connectivity index (χ2v) is 0. The molecule has 0 saturated heterocycles. The van der Waals surface area contributed by atoms with Crippen molar-refractivity contribution in [3.05, 3.63) is 0 Å². The van der Waals surface area contributed by atoms with Crippen molar-refractivity contribution in [1.82, 2.24) is 0 Å². The summed E-state index contributed by atoms with van der Waals surface area (Å²) in [4.78, 5) is 0. The molecule has 0 aromatic heterocycles. The fourth-order valence-corrected chi connectivity index (χ4v) is 0. The van der Waals surface area contributed by atoms with Gasteiger partial charge < -0.3 is 27.0 Å². The van der Waals surface area contributed by atoms with Gasteiger partial charge in [0.25, 0.3) is 0 Å². The van der Waals surface area contributed by atoms with E-state index in [0.29, 0.717) is 0 Å². The molecule has 0 aromatic carbocycles. The van der Waals surface area contributed by atoms with Crippen molar-refractivity contribution in [2.24, 2.45) is 0 Å². The van der Waals surface area contributed by atoms with Crippen LogP contribution in [0.5, 0.6) is 0 Å². The van der Waals surface area contributed by atoms with E-state index >= 15 is 0 Å². The summed E-state index contributed by atoms with van der Waals surface area (Å²) >= 11 is 0. The molecule has 0 rings (SSSR count). The van der Waals surface area contributed by atoms with Gasteiger partial charge in [0, 0.05) is 0 Å². The predicted octanol–water partition coefficient (Wildman–Crippen LogP) is -0.388. The summed E-state index contributed by atoms with van der Waals surface area (Å²) < 4.78 is 0. The van der Waals surface area contributed by atoms with E-state index in [1.807, 2.05) is 0 Å². The van der Waals surface area contributed by atoms with Crippen molar-refractivity contribution in [1.29, 1.82) is 0 Å². The Kier molecular flexibility index (Phi) is 121. The van der Waals surface area contributed by atoms with Gasteiger partial charge in [-0.3, -0.25) is 0 Å². The van der Waals surface area contributed by atoms with Gasteiger partial charge in [0.15, 0.2) is 0 Å². The molecule has 0 spiro atoms. The summed E-state index contributed by atoms with van der Waals surface area (Å²) in [7, 11) is 0. The number of rotatable bonds is 0. The standard InChI is InChI=1S/Ca.Cd.2S/q2*+2;2*-2. The quantitative estimate of drug-likeness (QED) is 0.484. The van der Waals surface area contributed by atoms with Gasteiger partial charge in [0.2, 0.25) is 0 Å². The third-order valence-corrected chi connectivity index (χ3v) is 0. The van der Waals surface area contributed by atoms with Crippen LogP contribution in [0.25, 0.3) is 0 Å². The first-order valence-electron chi connectivity index (χ1n) is 0. The van der Waals surface area contributed by atoms with E-state index in [1.54, 1.807) is 0 Å². The minimum absolute atomic E-state index is 0. The molecule has 0 unspecified atom stereocenters. The second kappa shape index (κ2) is 16.9. The van der Waals surface area contributed by atoms with Crippen molar-refractivity contribution >= 4 is 64.7 Å². The minimum atomic E-state index is 0. The second-order valence-electron chi connectivity index (χ2n) is 0. The van der Waals surface area contributed by atoms with Gasteiger partial charge in [-0.05, 0) is 0 Å². The van der Waals surface area contributed by atoms with E-state index in [0.717, 1.165) is 0 Å². The Morgan fingerprint density at radius 3 is 0.750 bits per heavy atom. The number of hydrogen-bond acceptors (Lipinski definition) is 0. The van der Waals surface area contributed by atoms with E-state index in [9.17, 15) is 0 Å². The molecule has 0 aromatic rings. The van der Waals surface area contributed by atoms with Crippen LogP contribution in [0, 0.1) is 0 Å². The number of hydrogen-bond donors (Lipinski definition) is 0. The first-order valence-corrected chi connectivity index (χ1v) is 0. The Morgan fingerprint density at radius 1 is 0.750 bits per heavy atom. The normalized spacial score (nSPS) is 0.